The molecule has 1 N–H and O–H groups in total. The normalized spacial score (nSPS) is 8.30. The zero-order chi connectivity index (χ0) is 8.24. The molecule has 0 unspecified atom stereocenters. The van der Waals surface area contributed by atoms with Gasteiger partial charge in [-0.15, -0.1) is 0 Å². The Morgan fingerprint density at radius 1 is 1.40 bits per heavy atom. The molecule has 0 radical (unpaired) electrons. The van der Waals surface area contributed by atoms with Crippen molar-refractivity contribution in [1.82, 2.24) is 0 Å². The van der Waals surface area contributed by atoms with E-state index in [1.807, 2.05) is 0 Å². The third-order valence-electron chi connectivity index (χ3n) is 0.952. The van der Waals surface area contributed by atoms with Gasteiger partial charge >= 0.3 is 49.1 Å². The summed E-state index contributed by atoms with van der Waals surface area (Å²) >= 11 is 4.36. The second-order valence-corrected chi connectivity index (χ2v) is 9.69. The summed E-state index contributed by atoms with van der Waals surface area (Å²) in [6, 6.07) is 0. The average molecular weight is 417 g/mol. The maximum atomic E-state index is 6.66. The number of halogens is 2. The van der Waals surface area contributed by atoms with Gasteiger partial charge in [-0.2, -0.15) is 0 Å². The molecule has 4 heteroatoms. The van der Waals surface area contributed by atoms with Crippen molar-refractivity contribution in [3.05, 3.63) is 0 Å². The van der Waals surface area contributed by atoms with Crippen molar-refractivity contribution in [2.75, 3.05) is 0 Å². The Balaban J connectivity index is 0. The van der Waals surface area contributed by atoms with E-state index in [2.05, 4.69) is 47.6 Å². The van der Waals surface area contributed by atoms with Crippen LogP contribution in [0.5, 0.6) is 0 Å². The Morgan fingerprint density at radius 2 is 1.90 bits per heavy atom. The number of hydrogen-bond acceptors (Lipinski definition) is 1. The van der Waals surface area contributed by atoms with Gasteiger partial charge in [-0.3, -0.25) is 0 Å². The topological polar surface area (TPSA) is 23.9 Å². The van der Waals surface area contributed by atoms with Crippen LogP contribution in [-0.2, 0) is 8.46 Å². The molecule has 67 valence electrons. The Kier molecular flexibility index (Phi) is 24.0. The maximum absolute atomic E-state index is 6.66. The quantitative estimate of drug-likeness (QED) is 0.310. The van der Waals surface area contributed by atoms with Crippen LogP contribution in [0.25, 0.3) is 0 Å². The van der Waals surface area contributed by atoms with E-state index in [4.69, 9.17) is 5.41 Å². The van der Waals surface area contributed by atoms with Crippen molar-refractivity contribution in [2.45, 2.75) is 32.6 Å². The van der Waals surface area contributed by atoms with Gasteiger partial charge in [-0.25, -0.2) is 0 Å². The van der Waals surface area contributed by atoms with E-state index in [0.717, 1.165) is 6.42 Å². The first-order valence-corrected chi connectivity index (χ1v) is 9.21. The van der Waals surface area contributed by atoms with Crippen LogP contribution in [0.15, 0.2) is 0 Å². The van der Waals surface area contributed by atoms with E-state index >= 15 is 0 Å². The molecule has 0 heterocycles. The summed E-state index contributed by atoms with van der Waals surface area (Å²) in [6.45, 7) is 2.17. The first-order chi connectivity index (χ1) is 4.83. The minimum absolute atomic E-state index is 0.966. The molecule has 0 aliphatic rings. The van der Waals surface area contributed by atoms with Crippen molar-refractivity contribution < 1.29 is 8.46 Å². The first kappa shape index (κ1) is 14.2. The Hall–Kier alpha value is 1.65. The molecular formula is C6H13CuI2N. The summed E-state index contributed by atoms with van der Waals surface area (Å²) in [4.78, 5) is 0. The molecule has 0 amide bonds. The van der Waals surface area contributed by atoms with E-state index < -0.39 is 0 Å². The molecule has 0 atom stereocenters. The average Bonchev–Trinajstić information content (AvgIpc) is 1.91. The second-order valence-electron chi connectivity index (χ2n) is 1.74. The van der Waals surface area contributed by atoms with Crippen molar-refractivity contribution in [2.24, 2.45) is 0 Å². The fourth-order valence-electron chi connectivity index (χ4n) is 0.496. The summed E-state index contributed by atoms with van der Waals surface area (Å²) in [5, 5.41) is 6.66. The zero-order valence-electron chi connectivity index (χ0n) is 5.96. The summed E-state index contributed by atoms with van der Waals surface area (Å²) in [5.74, 6) is 0. The fraction of sp³-hybridized carbons (Fsp3) is 0.833. The molecule has 1 nitrogen and oxygen atoms in total. The van der Waals surface area contributed by atoms with Gasteiger partial charge < -0.3 is 5.41 Å². The number of hydrogen-bond donors (Lipinski definition) is 1. The minimum atomic E-state index is 0.966. The van der Waals surface area contributed by atoms with Gasteiger partial charge in [0.1, 0.15) is 0 Å². The fourth-order valence-corrected chi connectivity index (χ4v) is 0.496. The molecule has 0 saturated heterocycles. The monoisotopic (exact) mass is 416 g/mol. The van der Waals surface area contributed by atoms with Crippen molar-refractivity contribution in [1.29, 1.82) is 5.41 Å². The Morgan fingerprint density at radius 3 is 2.20 bits per heavy atom. The predicted molar refractivity (Wildman–Crippen MR) is 61.0 cm³/mol. The first-order valence-electron chi connectivity index (χ1n) is 3.13. The molecule has 0 aromatic heterocycles. The number of unbranched alkanes of at least 4 members (excludes halogenated alkanes) is 3. The summed E-state index contributed by atoms with van der Waals surface area (Å²) in [7, 11) is 1.75. The van der Waals surface area contributed by atoms with E-state index in [-0.39, 0.29) is 0 Å². The molecule has 0 spiro atoms. The Labute approximate surface area is 92.3 Å². The molecular weight excluding hydrogens is 403 g/mol. The van der Waals surface area contributed by atoms with Gasteiger partial charge in [0, 0.05) is 0 Å². The predicted octanol–water partition coefficient (Wildman–Crippen LogP) is 3.99. The third-order valence-corrected chi connectivity index (χ3v) is 0.952. The molecule has 0 aromatic rings. The molecule has 0 saturated carbocycles. The van der Waals surface area contributed by atoms with Crippen LogP contribution >= 0.6 is 40.7 Å². The SMILES string of the molecule is CCCCCC=N.[I][Cu][I]. The van der Waals surface area contributed by atoms with Crippen LogP contribution in [0, 0.1) is 5.41 Å². The van der Waals surface area contributed by atoms with Crippen LogP contribution in [0.1, 0.15) is 32.6 Å². The molecule has 0 fully saturated rings. The van der Waals surface area contributed by atoms with Gasteiger partial charge in [-0.05, 0) is 19.1 Å². The van der Waals surface area contributed by atoms with Crippen molar-refractivity contribution in [3.8, 4) is 0 Å². The van der Waals surface area contributed by atoms with E-state index in [0.29, 0.717) is 0 Å². The standard InChI is InChI=1S/C6H13N.Cu.2HI/c1-2-3-4-5-6-7;;;/h6-7H,2-5H2,1H3;;2*1H/q;+2;;/p-2. The zero-order valence-corrected chi connectivity index (χ0v) is 11.2. The van der Waals surface area contributed by atoms with Gasteiger partial charge in [0.15, 0.2) is 0 Å². The molecule has 0 aliphatic carbocycles. The second kappa shape index (κ2) is 16.9. The van der Waals surface area contributed by atoms with Crippen molar-refractivity contribution >= 4 is 46.9 Å². The van der Waals surface area contributed by atoms with E-state index in [9.17, 15) is 0 Å². The molecule has 0 bridgehead atoms. The molecule has 10 heavy (non-hydrogen) atoms. The van der Waals surface area contributed by atoms with E-state index in [1.54, 1.807) is 8.46 Å². The van der Waals surface area contributed by atoms with Gasteiger partial charge in [0.05, 0.1) is 0 Å². The van der Waals surface area contributed by atoms with Crippen LogP contribution in [-0.4, -0.2) is 6.21 Å². The van der Waals surface area contributed by atoms with Crippen LogP contribution in [0.3, 0.4) is 0 Å². The number of nitrogens with one attached hydrogen (secondary N) is 1. The van der Waals surface area contributed by atoms with Crippen LogP contribution < -0.4 is 0 Å². The summed E-state index contributed by atoms with van der Waals surface area (Å²) in [5.41, 5.74) is 0. The molecule has 0 aromatic carbocycles. The molecule has 0 aliphatic heterocycles. The van der Waals surface area contributed by atoms with E-state index in [1.165, 1.54) is 25.5 Å². The van der Waals surface area contributed by atoms with Crippen molar-refractivity contribution in [3.63, 3.8) is 0 Å². The summed E-state index contributed by atoms with van der Waals surface area (Å²) < 4.78 is 0. The summed E-state index contributed by atoms with van der Waals surface area (Å²) in [6.07, 6.45) is 6.17. The number of rotatable bonds is 4. The van der Waals surface area contributed by atoms with Gasteiger partial charge in [0.25, 0.3) is 0 Å². The Bertz CT molecular complexity index is 61.7. The van der Waals surface area contributed by atoms with Gasteiger partial charge in [0.2, 0.25) is 0 Å². The van der Waals surface area contributed by atoms with Crippen LogP contribution in [0.4, 0.5) is 0 Å². The van der Waals surface area contributed by atoms with Crippen LogP contribution in [0.2, 0.25) is 0 Å². The molecule has 0 rings (SSSR count). The third kappa shape index (κ3) is 22.6. The van der Waals surface area contributed by atoms with Gasteiger partial charge in [-0.1, -0.05) is 19.8 Å².